The normalized spacial score (nSPS) is 15.6. The smallest absolute Gasteiger partial charge is 0.179 e. The van der Waals surface area contributed by atoms with Gasteiger partial charge >= 0.3 is 0 Å². The van der Waals surface area contributed by atoms with Crippen LogP contribution >= 0.6 is 11.6 Å². The lowest BCUT2D eigenvalue weighted by Crippen LogP contribution is -2.20. The molecule has 1 aliphatic carbocycles. The number of hydrogen-bond donors (Lipinski definition) is 0. The Labute approximate surface area is 147 Å². The number of halogens is 1. The van der Waals surface area contributed by atoms with E-state index in [0.29, 0.717) is 23.0 Å². The van der Waals surface area contributed by atoms with Gasteiger partial charge in [-0.3, -0.25) is 4.79 Å². The molecule has 0 unspecified atom stereocenters. The minimum atomic E-state index is -0.0383. The second-order valence-corrected chi connectivity index (χ2v) is 6.87. The van der Waals surface area contributed by atoms with Gasteiger partial charge in [0.1, 0.15) is 0 Å². The Bertz CT molecular complexity index is 794. The number of carbonyl (C=O) groups excluding carboxylic acids is 1. The van der Waals surface area contributed by atoms with Crippen LogP contribution in [-0.4, -0.2) is 16.2 Å². The number of Topliss-reactive ketones (excluding diaryl/α,β-unsaturated/α-hetero) is 1. The van der Waals surface area contributed by atoms with E-state index in [-0.39, 0.29) is 11.7 Å². The van der Waals surface area contributed by atoms with E-state index in [2.05, 4.69) is 17.6 Å². The minimum absolute atomic E-state index is 0.00449. The zero-order valence-corrected chi connectivity index (χ0v) is 14.8. The third-order valence-corrected chi connectivity index (χ3v) is 5.52. The number of benzene rings is 1. The zero-order chi connectivity index (χ0) is 17.3. The third-order valence-electron chi connectivity index (χ3n) is 5.28. The van der Waals surface area contributed by atoms with Crippen molar-refractivity contribution in [3.05, 3.63) is 52.8 Å². The number of carbonyl (C=O) groups is 1. The van der Waals surface area contributed by atoms with Gasteiger partial charge in [-0.1, -0.05) is 13.3 Å². The molecule has 24 heavy (non-hydrogen) atoms. The minimum Gasteiger partial charge on any atom is -0.317 e. The molecule has 124 valence electrons. The summed E-state index contributed by atoms with van der Waals surface area (Å²) in [6, 6.07) is 11.7. The Morgan fingerprint density at radius 3 is 2.54 bits per heavy atom. The summed E-state index contributed by atoms with van der Waals surface area (Å²) in [4.78, 5) is 12.2. The molecular formula is C20H21ClN2O. The predicted octanol–water partition coefficient (Wildman–Crippen LogP) is 4.98. The van der Waals surface area contributed by atoms with Crippen molar-refractivity contribution in [3.8, 4) is 11.8 Å². The molecule has 1 atom stereocenters. The van der Waals surface area contributed by atoms with Crippen molar-refractivity contribution in [2.24, 2.45) is 5.92 Å². The van der Waals surface area contributed by atoms with Crippen molar-refractivity contribution in [1.29, 1.82) is 5.26 Å². The number of nitrogens with zero attached hydrogens (tertiary/aromatic N) is 2. The first-order chi connectivity index (χ1) is 11.6. The molecule has 1 heterocycles. The highest BCUT2D eigenvalue weighted by molar-refractivity contribution is 6.30. The molecule has 1 aliphatic rings. The quantitative estimate of drug-likeness (QED) is 0.569. The van der Waals surface area contributed by atoms with Crippen LogP contribution in [0.5, 0.6) is 0 Å². The van der Waals surface area contributed by atoms with Gasteiger partial charge in [-0.15, -0.1) is 11.6 Å². The summed E-state index contributed by atoms with van der Waals surface area (Å²) >= 11 is 5.79. The molecule has 4 heteroatoms. The van der Waals surface area contributed by atoms with Gasteiger partial charge < -0.3 is 4.57 Å². The molecule has 2 aromatic rings. The van der Waals surface area contributed by atoms with Gasteiger partial charge in [0.15, 0.2) is 5.78 Å². The molecule has 3 nitrogen and oxygen atoms in total. The molecule has 0 saturated heterocycles. The van der Waals surface area contributed by atoms with E-state index in [1.807, 2.05) is 37.3 Å². The highest BCUT2D eigenvalue weighted by atomic mass is 35.5. The Balaban J connectivity index is 2.11. The van der Waals surface area contributed by atoms with Crippen LogP contribution in [0.15, 0.2) is 30.3 Å². The van der Waals surface area contributed by atoms with Crippen LogP contribution < -0.4 is 0 Å². The van der Waals surface area contributed by atoms with Gasteiger partial charge in [-0.2, -0.15) is 5.26 Å². The molecule has 0 amide bonds. The number of hydrogen-bond acceptors (Lipinski definition) is 2. The number of ketones is 1. The van der Waals surface area contributed by atoms with Crippen molar-refractivity contribution in [3.63, 3.8) is 0 Å². The van der Waals surface area contributed by atoms with E-state index in [1.54, 1.807) is 0 Å². The fourth-order valence-corrected chi connectivity index (χ4v) is 3.67. The van der Waals surface area contributed by atoms with E-state index in [4.69, 9.17) is 16.9 Å². The summed E-state index contributed by atoms with van der Waals surface area (Å²) in [6.07, 6.45) is 3.79. The summed E-state index contributed by atoms with van der Waals surface area (Å²) in [6.45, 7) is 4.21. The van der Waals surface area contributed by atoms with Crippen LogP contribution in [-0.2, 0) is 0 Å². The topological polar surface area (TPSA) is 45.8 Å². The molecule has 0 bridgehead atoms. The fourth-order valence-electron chi connectivity index (χ4n) is 3.53. The number of nitriles is 1. The van der Waals surface area contributed by atoms with Gasteiger partial charge in [0.2, 0.25) is 0 Å². The molecule has 0 aliphatic heterocycles. The molecule has 1 fully saturated rings. The van der Waals surface area contributed by atoms with Crippen molar-refractivity contribution in [2.45, 2.75) is 39.0 Å². The third kappa shape index (κ3) is 2.87. The van der Waals surface area contributed by atoms with Crippen LogP contribution in [0.25, 0.3) is 5.69 Å². The van der Waals surface area contributed by atoms with E-state index >= 15 is 0 Å². The van der Waals surface area contributed by atoms with Crippen LogP contribution in [0.3, 0.4) is 0 Å². The lowest BCUT2D eigenvalue weighted by molar-refractivity contribution is 0.102. The zero-order valence-electron chi connectivity index (χ0n) is 14.1. The van der Waals surface area contributed by atoms with Gasteiger partial charge in [0, 0.05) is 22.6 Å². The predicted molar refractivity (Wildman–Crippen MR) is 96.0 cm³/mol. The first-order valence-electron chi connectivity index (χ1n) is 8.38. The van der Waals surface area contributed by atoms with Crippen LogP contribution in [0.2, 0.25) is 0 Å². The van der Waals surface area contributed by atoms with Crippen molar-refractivity contribution < 1.29 is 4.79 Å². The number of aromatic nitrogens is 1. The molecule has 1 aromatic carbocycles. The summed E-state index contributed by atoms with van der Waals surface area (Å²) in [5.41, 5.74) is 4.41. The summed E-state index contributed by atoms with van der Waals surface area (Å²) in [7, 11) is 0. The summed E-state index contributed by atoms with van der Waals surface area (Å²) in [5, 5.41) is 9.00. The molecule has 1 saturated carbocycles. The summed E-state index contributed by atoms with van der Waals surface area (Å²) < 4.78 is 2.16. The highest BCUT2D eigenvalue weighted by Crippen LogP contribution is 2.41. The second-order valence-electron chi connectivity index (χ2n) is 6.60. The van der Waals surface area contributed by atoms with Crippen molar-refractivity contribution in [1.82, 2.24) is 4.57 Å². The molecule has 0 radical (unpaired) electrons. The molecule has 0 N–H and O–H groups in total. The molecular weight excluding hydrogens is 320 g/mol. The Hall–Kier alpha value is -2.05. The van der Waals surface area contributed by atoms with Crippen molar-refractivity contribution >= 4 is 17.4 Å². The first-order valence-corrected chi connectivity index (χ1v) is 8.92. The van der Waals surface area contributed by atoms with Crippen LogP contribution in [0.4, 0.5) is 0 Å². The number of rotatable bonds is 5. The van der Waals surface area contributed by atoms with Crippen LogP contribution in [0, 0.1) is 24.2 Å². The van der Waals surface area contributed by atoms with E-state index in [9.17, 15) is 4.79 Å². The maximum Gasteiger partial charge on any atom is 0.179 e. The highest BCUT2D eigenvalue weighted by Gasteiger charge is 2.29. The first kappa shape index (κ1) is 16.8. The monoisotopic (exact) mass is 340 g/mol. The van der Waals surface area contributed by atoms with Gasteiger partial charge in [0.25, 0.3) is 0 Å². The molecule has 0 spiro atoms. The lowest BCUT2D eigenvalue weighted by atomic mass is 9.75. The standard InChI is InChI=1S/C20H21ClN2O/c1-13(16-4-3-5-16)19-10-18(20(24)11-21)14(2)23(19)17-8-6-15(12-22)7-9-17/h6-10,13,16H,3-5,11H2,1-2H3/t13-/m1/s1. The number of alkyl halides is 1. The maximum atomic E-state index is 12.2. The lowest BCUT2D eigenvalue weighted by Gasteiger charge is -2.32. The van der Waals surface area contributed by atoms with Crippen LogP contribution in [0.1, 0.15) is 59.4 Å². The van der Waals surface area contributed by atoms with E-state index in [1.165, 1.54) is 19.3 Å². The Morgan fingerprint density at radius 2 is 2.04 bits per heavy atom. The Morgan fingerprint density at radius 1 is 1.38 bits per heavy atom. The van der Waals surface area contributed by atoms with Gasteiger partial charge in [-0.05, 0) is 61.9 Å². The molecule has 3 rings (SSSR count). The Kier molecular flexibility index (Phi) is 4.78. The van der Waals surface area contributed by atoms with E-state index < -0.39 is 0 Å². The largest absolute Gasteiger partial charge is 0.317 e. The van der Waals surface area contributed by atoms with Gasteiger partial charge in [-0.25, -0.2) is 0 Å². The average molecular weight is 341 g/mol. The van der Waals surface area contributed by atoms with Gasteiger partial charge in [0.05, 0.1) is 17.5 Å². The second kappa shape index (κ2) is 6.83. The van der Waals surface area contributed by atoms with E-state index in [0.717, 1.165) is 17.1 Å². The molecule has 1 aromatic heterocycles. The SMILES string of the molecule is Cc1c(C(=O)CCl)cc([C@H](C)C2CCC2)n1-c1ccc(C#N)cc1. The summed E-state index contributed by atoms with van der Waals surface area (Å²) in [5.74, 6) is 1.03. The fraction of sp³-hybridized carbons (Fsp3) is 0.400. The average Bonchev–Trinajstić information content (AvgIpc) is 2.90. The van der Waals surface area contributed by atoms with Crippen molar-refractivity contribution in [2.75, 3.05) is 5.88 Å². The maximum absolute atomic E-state index is 12.2.